The Morgan fingerprint density at radius 3 is 2.95 bits per heavy atom. The zero-order valence-corrected chi connectivity index (χ0v) is 11.6. The van der Waals surface area contributed by atoms with Crippen LogP contribution in [0.15, 0.2) is 18.3 Å². The van der Waals surface area contributed by atoms with Crippen LogP contribution in [0.1, 0.15) is 55.6 Å². The molecule has 0 radical (unpaired) electrons. The standard InChI is InChI=1S/C15H24N2O2/c1-12(8-10-18)11-16-15(19)14-7-4-9-17(14)13-5-2-3-6-13/h4,7,9,12-13,18H,2-3,5-6,8,10-11H2,1H3,(H,16,19). The molecule has 4 nitrogen and oxygen atoms in total. The summed E-state index contributed by atoms with van der Waals surface area (Å²) in [5, 5.41) is 11.8. The molecule has 19 heavy (non-hydrogen) atoms. The second-order valence-corrected chi connectivity index (χ2v) is 5.57. The number of aromatic nitrogens is 1. The van der Waals surface area contributed by atoms with Crippen LogP contribution in [0.3, 0.4) is 0 Å². The molecule has 1 saturated carbocycles. The van der Waals surface area contributed by atoms with Crippen LogP contribution in [0.25, 0.3) is 0 Å². The Hall–Kier alpha value is -1.29. The summed E-state index contributed by atoms with van der Waals surface area (Å²) in [6.07, 6.45) is 7.62. The fourth-order valence-corrected chi connectivity index (χ4v) is 2.77. The molecule has 2 N–H and O–H groups in total. The summed E-state index contributed by atoms with van der Waals surface area (Å²) in [6, 6.07) is 4.33. The van der Waals surface area contributed by atoms with Crippen molar-refractivity contribution in [3.05, 3.63) is 24.0 Å². The highest BCUT2D eigenvalue weighted by Gasteiger charge is 2.21. The molecule has 1 aromatic rings. The Bertz CT molecular complexity index is 408. The minimum Gasteiger partial charge on any atom is -0.396 e. The highest BCUT2D eigenvalue weighted by atomic mass is 16.3. The van der Waals surface area contributed by atoms with E-state index < -0.39 is 0 Å². The summed E-state index contributed by atoms with van der Waals surface area (Å²) in [7, 11) is 0. The van der Waals surface area contributed by atoms with Crippen LogP contribution in [0.5, 0.6) is 0 Å². The molecule has 2 rings (SSSR count). The Balaban J connectivity index is 1.93. The van der Waals surface area contributed by atoms with E-state index in [1.807, 2.05) is 25.3 Å². The Kier molecular flexibility index (Phi) is 5.02. The van der Waals surface area contributed by atoms with Gasteiger partial charge >= 0.3 is 0 Å². The van der Waals surface area contributed by atoms with Gasteiger partial charge < -0.3 is 15.0 Å². The van der Waals surface area contributed by atoms with Gasteiger partial charge in [0.2, 0.25) is 0 Å². The summed E-state index contributed by atoms with van der Waals surface area (Å²) >= 11 is 0. The van der Waals surface area contributed by atoms with Crippen LogP contribution in [0, 0.1) is 5.92 Å². The van der Waals surface area contributed by atoms with Crippen molar-refractivity contribution in [2.45, 2.75) is 45.1 Å². The van der Waals surface area contributed by atoms with Crippen LogP contribution in [-0.2, 0) is 0 Å². The van der Waals surface area contributed by atoms with Gasteiger partial charge in [-0.3, -0.25) is 4.79 Å². The zero-order chi connectivity index (χ0) is 13.7. The predicted molar refractivity (Wildman–Crippen MR) is 75.1 cm³/mol. The highest BCUT2D eigenvalue weighted by Crippen LogP contribution is 2.30. The molecule has 1 aliphatic rings. The van der Waals surface area contributed by atoms with Crippen LogP contribution >= 0.6 is 0 Å². The first-order chi connectivity index (χ1) is 9.22. The Labute approximate surface area is 114 Å². The molecular formula is C15H24N2O2. The quantitative estimate of drug-likeness (QED) is 0.828. The molecule has 1 aliphatic carbocycles. The maximum Gasteiger partial charge on any atom is 0.267 e. The van der Waals surface area contributed by atoms with Gasteiger partial charge in [0.15, 0.2) is 0 Å². The van der Waals surface area contributed by atoms with E-state index in [-0.39, 0.29) is 12.5 Å². The summed E-state index contributed by atoms with van der Waals surface area (Å²) in [5.41, 5.74) is 0.767. The molecule has 106 valence electrons. The van der Waals surface area contributed by atoms with Gasteiger partial charge in [-0.25, -0.2) is 0 Å². The van der Waals surface area contributed by atoms with Gasteiger partial charge in [-0.1, -0.05) is 19.8 Å². The normalized spacial score (nSPS) is 17.6. The number of hydrogen-bond acceptors (Lipinski definition) is 2. The van der Waals surface area contributed by atoms with E-state index in [1.165, 1.54) is 25.7 Å². The molecule has 0 saturated heterocycles. The van der Waals surface area contributed by atoms with Crippen molar-refractivity contribution < 1.29 is 9.90 Å². The van der Waals surface area contributed by atoms with Crippen molar-refractivity contribution in [1.82, 2.24) is 9.88 Å². The molecule has 0 aromatic carbocycles. The minimum absolute atomic E-state index is 0.00156. The number of hydrogen-bond donors (Lipinski definition) is 2. The molecule has 1 aromatic heterocycles. The number of nitrogens with zero attached hydrogens (tertiary/aromatic N) is 1. The van der Waals surface area contributed by atoms with E-state index >= 15 is 0 Å². The van der Waals surface area contributed by atoms with Crippen molar-refractivity contribution >= 4 is 5.91 Å². The summed E-state index contributed by atoms with van der Waals surface area (Å²) in [4.78, 5) is 12.2. The van der Waals surface area contributed by atoms with Crippen LogP contribution in [0.4, 0.5) is 0 Å². The lowest BCUT2D eigenvalue weighted by atomic mass is 10.1. The van der Waals surface area contributed by atoms with Crippen molar-refractivity contribution in [3.63, 3.8) is 0 Å². The second-order valence-electron chi connectivity index (χ2n) is 5.57. The second kappa shape index (κ2) is 6.75. The molecule has 0 aliphatic heterocycles. The van der Waals surface area contributed by atoms with Crippen LogP contribution in [-0.4, -0.2) is 28.7 Å². The van der Waals surface area contributed by atoms with Crippen molar-refractivity contribution in [1.29, 1.82) is 0 Å². The average Bonchev–Trinajstić information content (AvgIpc) is 3.05. The number of carbonyl (C=O) groups is 1. The predicted octanol–water partition coefficient (Wildman–Crippen LogP) is 2.35. The van der Waals surface area contributed by atoms with E-state index in [4.69, 9.17) is 5.11 Å². The maximum absolute atomic E-state index is 12.2. The first-order valence-corrected chi connectivity index (χ1v) is 7.28. The van der Waals surface area contributed by atoms with Crippen molar-refractivity contribution in [2.24, 2.45) is 5.92 Å². The Morgan fingerprint density at radius 2 is 2.26 bits per heavy atom. The van der Waals surface area contributed by atoms with Gasteiger partial charge in [0.05, 0.1) is 0 Å². The van der Waals surface area contributed by atoms with Gasteiger partial charge in [0.25, 0.3) is 5.91 Å². The summed E-state index contributed by atoms with van der Waals surface area (Å²) in [6.45, 7) is 2.83. The fourth-order valence-electron chi connectivity index (χ4n) is 2.77. The zero-order valence-electron chi connectivity index (χ0n) is 11.6. The number of carbonyl (C=O) groups excluding carboxylic acids is 1. The molecule has 0 spiro atoms. The lowest BCUT2D eigenvalue weighted by Gasteiger charge is -2.17. The first-order valence-electron chi connectivity index (χ1n) is 7.28. The lowest BCUT2D eigenvalue weighted by Crippen LogP contribution is -2.30. The molecule has 1 amide bonds. The first kappa shape index (κ1) is 14.1. The molecule has 0 bridgehead atoms. The minimum atomic E-state index is 0.00156. The van der Waals surface area contributed by atoms with Crippen LogP contribution in [0.2, 0.25) is 0 Å². The number of rotatable bonds is 6. The number of amides is 1. The molecule has 1 fully saturated rings. The van der Waals surface area contributed by atoms with E-state index in [9.17, 15) is 4.79 Å². The topological polar surface area (TPSA) is 54.3 Å². The molecular weight excluding hydrogens is 240 g/mol. The Morgan fingerprint density at radius 1 is 1.53 bits per heavy atom. The largest absolute Gasteiger partial charge is 0.396 e. The van der Waals surface area contributed by atoms with Gasteiger partial charge in [-0.15, -0.1) is 0 Å². The maximum atomic E-state index is 12.2. The highest BCUT2D eigenvalue weighted by molar-refractivity contribution is 5.92. The summed E-state index contributed by atoms with van der Waals surface area (Å²) in [5.74, 6) is 0.311. The third-order valence-corrected chi connectivity index (χ3v) is 3.96. The van der Waals surface area contributed by atoms with Crippen molar-refractivity contribution in [3.8, 4) is 0 Å². The number of aliphatic hydroxyl groups excluding tert-OH is 1. The lowest BCUT2D eigenvalue weighted by molar-refractivity contribution is 0.0934. The van der Waals surface area contributed by atoms with E-state index in [0.29, 0.717) is 18.5 Å². The monoisotopic (exact) mass is 264 g/mol. The fraction of sp³-hybridized carbons (Fsp3) is 0.667. The van der Waals surface area contributed by atoms with Gasteiger partial charge in [0, 0.05) is 25.4 Å². The van der Waals surface area contributed by atoms with E-state index in [0.717, 1.165) is 12.1 Å². The molecule has 4 heteroatoms. The van der Waals surface area contributed by atoms with Crippen LogP contribution < -0.4 is 5.32 Å². The smallest absolute Gasteiger partial charge is 0.267 e. The molecule has 1 heterocycles. The van der Waals surface area contributed by atoms with Crippen molar-refractivity contribution in [2.75, 3.05) is 13.2 Å². The number of nitrogens with one attached hydrogen (secondary N) is 1. The molecule has 1 unspecified atom stereocenters. The number of aliphatic hydroxyl groups is 1. The van der Waals surface area contributed by atoms with Gasteiger partial charge in [-0.2, -0.15) is 0 Å². The summed E-state index contributed by atoms with van der Waals surface area (Å²) < 4.78 is 2.12. The third-order valence-electron chi connectivity index (χ3n) is 3.96. The molecule has 1 atom stereocenters. The third kappa shape index (κ3) is 3.60. The van der Waals surface area contributed by atoms with E-state index in [2.05, 4.69) is 9.88 Å². The SMILES string of the molecule is CC(CCO)CNC(=O)c1cccn1C1CCCC1. The average molecular weight is 264 g/mol. The van der Waals surface area contributed by atoms with Gasteiger partial charge in [-0.05, 0) is 37.3 Å². The van der Waals surface area contributed by atoms with Gasteiger partial charge in [0.1, 0.15) is 5.69 Å². The van der Waals surface area contributed by atoms with E-state index in [1.54, 1.807) is 0 Å².